The second kappa shape index (κ2) is 10.2. The van der Waals surface area contributed by atoms with Crippen LogP contribution in [0, 0.1) is 18.3 Å². The maximum atomic E-state index is 12.7. The third-order valence-corrected chi connectivity index (χ3v) is 5.03. The molecule has 0 unspecified atom stereocenters. The van der Waals surface area contributed by atoms with E-state index in [1.807, 2.05) is 4.90 Å². The summed E-state index contributed by atoms with van der Waals surface area (Å²) in [6.07, 6.45) is -0.678. The molecule has 1 saturated heterocycles. The van der Waals surface area contributed by atoms with E-state index in [4.69, 9.17) is 16.2 Å². The maximum Gasteiger partial charge on any atom is 0.430 e. The summed E-state index contributed by atoms with van der Waals surface area (Å²) in [5.74, 6) is -0.346. The summed E-state index contributed by atoms with van der Waals surface area (Å²) >= 11 is 0. The molecule has 2 aromatic rings. The van der Waals surface area contributed by atoms with E-state index in [1.165, 1.54) is 6.20 Å². The van der Waals surface area contributed by atoms with Gasteiger partial charge in [-0.1, -0.05) is 0 Å². The third kappa shape index (κ3) is 5.62. The molecule has 0 saturated carbocycles. The van der Waals surface area contributed by atoms with Crippen molar-refractivity contribution in [3.63, 3.8) is 0 Å². The van der Waals surface area contributed by atoms with Crippen LogP contribution in [0.25, 0.3) is 11.1 Å². The van der Waals surface area contributed by atoms with Crippen molar-refractivity contribution in [2.24, 2.45) is 11.5 Å². The number of aromatic nitrogens is 2. The Morgan fingerprint density at radius 1 is 1.26 bits per heavy atom. The first-order valence-electron chi connectivity index (χ1n) is 10.1. The number of allylic oxidation sites excluding steroid dienone is 1. The fourth-order valence-corrected chi connectivity index (χ4v) is 3.25. The number of alkyl halides is 3. The predicted octanol–water partition coefficient (Wildman–Crippen LogP) is 2.35. The lowest BCUT2D eigenvalue weighted by molar-refractivity contribution is -0.112. The number of nitriles is 1. The van der Waals surface area contributed by atoms with Crippen LogP contribution in [-0.4, -0.2) is 48.4 Å². The van der Waals surface area contributed by atoms with Gasteiger partial charge in [0, 0.05) is 42.3 Å². The van der Waals surface area contributed by atoms with E-state index in [0.29, 0.717) is 60.6 Å². The van der Waals surface area contributed by atoms with E-state index >= 15 is 0 Å². The largest absolute Gasteiger partial charge is 0.430 e. The SMILES string of the molecule is Cc1ncc(NC(=O)C(/C=C(\N)C(F)(F)F)=C/N)cc1-c1cnc(N2CCOCC2)c(C#N)c1. The lowest BCUT2D eigenvalue weighted by atomic mass is 10.0. The van der Waals surface area contributed by atoms with E-state index in [9.17, 15) is 23.2 Å². The van der Waals surface area contributed by atoms with Gasteiger partial charge in [-0.2, -0.15) is 18.4 Å². The van der Waals surface area contributed by atoms with Gasteiger partial charge < -0.3 is 26.4 Å². The summed E-state index contributed by atoms with van der Waals surface area (Å²) in [5, 5.41) is 12.1. The van der Waals surface area contributed by atoms with Crippen LogP contribution in [0.5, 0.6) is 0 Å². The molecular formula is C22H22F3N7O2. The molecule has 0 spiro atoms. The molecule has 0 atom stereocenters. The molecule has 1 amide bonds. The number of hydrogen-bond acceptors (Lipinski definition) is 8. The van der Waals surface area contributed by atoms with Crippen LogP contribution in [0.3, 0.4) is 0 Å². The van der Waals surface area contributed by atoms with Gasteiger partial charge in [-0.3, -0.25) is 9.78 Å². The topological polar surface area (TPSA) is 143 Å². The van der Waals surface area contributed by atoms with Crippen molar-refractivity contribution in [2.45, 2.75) is 13.1 Å². The van der Waals surface area contributed by atoms with Crippen molar-refractivity contribution < 1.29 is 22.7 Å². The molecule has 0 aliphatic carbocycles. The molecule has 2 aromatic heterocycles. The Kier molecular flexibility index (Phi) is 7.37. The molecule has 9 nitrogen and oxygen atoms in total. The van der Waals surface area contributed by atoms with Crippen molar-refractivity contribution in [3.05, 3.63) is 59.3 Å². The molecule has 0 radical (unpaired) electrons. The minimum atomic E-state index is -4.80. The standard InChI is InChI=1S/C22H22F3N7O2/c1-13-18(16-6-14(9-26)20(30-11-16)32-2-4-34-5-3-32)8-17(12-29-13)31-21(33)15(10-27)7-19(28)22(23,24)25/h6-8,10-12H,2-5,27-28H2,1H3,(H,31,33)/b15-10+,19-7-. The zero-order valence-electron chi connectivity index (χ0n) is 18.2. The molecule has 1 fully saturated rings. The quantitative estimate of drug-likeness (QED) is 0.444. The number of nitrogens with two attached hydrogens (primary N) is 2. The zero-order valence-corrected chi connectivity index (χ0v) is 18.2. The Bertz CT molecular complexity index is 1180. The van der Waals surface area contributed by atoms with Crippen LogP contribution in [0.1, 0.15) is 11.3 Å². The summed E-state index contributed by atoms with van der Waals surface area (Å²) < 4.78 is 43.4. The van der Waals surface area contributed by atoms with Crippen LogP contribution in [0.2, 0.25) is 0 Å². The van der Waals surface area contributed by atoms with Crippen molar-refractivity contribution >= 4 is 17.4 Å². The Hall–Kier alpha value is -4.11. The number of hydrogen-bond donors (Lipinski definition) is 3. The van der Waals surface area contributed by atoms with Gasteiger partial charge in [0.05, 0.1) is 36.2 Å². The minimum Gasteiger partial charge on any atom is -0.404 e. The van der Waals surface area contributed by atoms with Crippen LogP contribution < -0.4 is 21.7 Å². The molecule has 0 aromatic carbocycles. The van der Waals surface area contributed by atoms with Gasteiger partial charge in [-0.05, 0) is 25.1 Å². The number of morpholine rings is 1. The van der Waals surface area contributed by atoms with Gasteiger partial charge in [0.25, 0.3) is 5.91 Å². The lowest BCUT2D eigenvalue weighted by Gasteiger charge is -2.28. The number of aryl methyl sites for hydroxylation is 1. The summed E-state index contributed by atoms with van der Waals surface area (Å²) in [4.78, 5) is 23.1. The number of nitrogens with zero attached hydrogens (tertiary/aromatic N) is 4. The van der Waals surface area contributed by atoms with Crippen molar-refractivity contribution in [1.82, 2.24) is 9.97 Å². The van der Waals surface area contributed by atoms with Gasteiger partial charge >= 0.3 is 6.18 Å². The number of pyridine rings is 2. The predicted molar refractivity (Wildman–Crippen MR) is 119 cm³/mol. The normalized spacial score (nSPS) is 15.1. The first kappa shape index (κ1) is 24.5. The number of anilines is 2. The molecule has 12 heteroatoms. The molecular weight excluding hydrogens is 451 g/mol. The number of nitrogens with one attached hydrogen (secondary N) is 1. The molecule has 5 N–H and O–H groups in total. The smallest absolute Gasteiger partial charge is 0.404 e. The van der Waals surface area contributed by atoms with E-state index in [0.717, 1.165) is 6.20 Å². The second-order valence-electron chi connectivity index (χ2n) is 7.34. The summed E-state index contributed by atoms with van der Waals surface area (Å²) in [6.45, 7) is 4.06. The molecule has 1 aliphatic heterocycles. The van der Waals surface area contributed by atoms with Gasteiger partial charge in [0.2, 0.25) is 0 Å². The average molecular weight is 473 g/mol. The summed E-state index contributed by atoms with van der Waals surface area (Å²) in [6, 6.07) is 5.41. The monoisotopic (exact) mass is 473 g/mol. The molecule has 1 aliphatic rings. The van der Waals surface area contributed by atoms with Crippen LogP contribution in [-0.2, 0) is 9.53 Å². The fourth-order valence-electron chi connectivity index (χ4n) is 3.25. The number of rotatable bonds is 5. The third-order valence-electron chi connectivity index (χ3n) is 5.03. The minimum absolute atomic E-state index is 0.208. The summed E-state index contributed by atoms with van der Waals surface area (Å²) in [5.41, 5.74) is 10.7. The van der Waals surface area contributed by atoms with Gasteiger partial charge in [-0.15, -0.1) is 0 Å². The van der Waals surface area contributed by atoms with Gasteiger partial charge in [0.1, 0.15) is 17.6 Å². The van der Waals surface area contributed by atoms with E-state index in [-0.39, 0.29) is 5.69 Å². The average Bonchev–Trinajstić information content (AvgIpc) is 2.83. The highest BCUT2D eigenvalue weighted by Gasteiger charge is 2.32. The highest BCUT2D eigenvalue weighted by molar-refractivity contribution is 6.06. The molecule has 178 valence electrons. The molecule has 0 bridgehead atoms. The Morgan fingerprint density at radius 2 is 1.97 bits per heavy atom. The van der Waals surface area contributed by atoms with Crippen molar-refractivity contribution in [3.8, 4) is 17.2 Å². The van der Waals surface area contributed by atoms with Gasteiger partial charge in [0.15, 0.2) is 0 Å². The Labute approximate surface area is 193 Å². The molecule has 3 heterocycles. The summed E-state index contributed by atoms with van der Waals surface area (Å²) in [7, 11) is 0. The number of carbonyl (C=O) groups excluding carboxylic acids is 1. The highest BCUT2D eigenvalue weighted by atomic mass is 19.4. The fraction of sp³-hybridized carbons (Fsp3) is 0.273. The first-order valence-corrected chi connectivity index (χ1v) is 10.1. The zero-order chi connectivity index (χ0) is 24.9. The Balaban J connectivity index is 1.88. The van der Waals surface area contributed by atoms with Crippen LogP contribution in [0.15, 0.2) is 48.1 Å². The second-order valence-corrected chi connectivity index (χ2v) is 7.34. The van der Waals surface area contributed by atoms with Crippen LogP contribution >= 0.6 is 0 Å². The Morgan fingerprint density at radius 3 is 2.59 bits per heavy atom. The van der Waals surface area contributed by atoms with Crippen molar-refractivity contribution in [2.75, 3.05) is 36.5 Å². The lowest BCUT2D eigenvalue weighted by Crippen LogP contribution is -2.37. The highest BCUT2D eigenvalue weighted by Crippen LogP contribution is 2.29. The number of carbonyl (C=O) groups is 1. The molecule has 34 heavy (non-hydrogen) atoms. The number of halogens is 3. The number of amides is 1. The van der Waals surface area contributed by atoms with Gasteiger partial charge in [-0.25, -0.2) is 4.98 Å². The van der Waals surface area contributed by atoms with E-state index in [2.05, 4.69) is 21.4 Å². The van der Waals surface area contributed by atoms with E-state index in [1.54, 1.807) is 25.3 Å². The van der Waals surface area contributed by atoms with Crippen LogP contribution in [0.4, 0.5) is 24.7 Å². The van der Waals surface area contributed by atoms with Crippen molar-refractivity contribution in [1.29, 1.82) is 5.26 Å². The molecule has 3 rings (SSSR count). The first-order chi connectivity index (χ1) is 16.1. The number of ether oxygens (including phenoxy) is 1. The van der Waals surface area contributed by atoms with E-state index < -0.39 is 23.4 Å². The maximum absolute atomic E-state index is 12.7.